The largest absolute Gasteiger partial charge is 0.340 e. The molecule has 2 N–H and O–H groups in total. The first-order valence-electron chi connectivity index (χ1n) is 9.21. The Morgan fingerprint density at radius 2 is 1.87 bits per heavy atom. The standard InChI is InChI=1S/C21H18ClF3N4O/c1-2-3-4-17(24)19(25)21(30)29-12-6-8-18-14(9-12)20(27-11-26-18)28-13-5-7-16(23)15(22)10-13/h5-11H,2-4H2,1H3,(H,29,30)(H,26,27,28). The fourth-order valence-electron chi connectivity index (χ4n) is 2.70. The Labute approximate surface area is 176 Å². The zero-order valence-electron chi connectivity index (χ0n) is 16.0. The summed E-state index contributed by atoms with van der Waals surface area (Å²) in [5.74, 6) is -3.87. The van der Waals surface area contributed by atoms with E-state index in [1.807, 2.05) is 6.92 Å². The highest BCUT2D eigenvalue weighted by molar-refractivity contribution is 6.31. The fourth-order valence-corrected chi connectivity index (χ4v) is 2.88. The van der Waals surface area contributed by atoms with Crippen molar-refractivity contribution in [3.63, 3.8) is 0 Å². The lowest BCUT2D eigenvalue weighted by Gasteiger charge is -2.11. The number of nitrogens with zero attached hydrogens (tertiary/aromatic N) is 2. The van der Waals surface area contributed by atoms with Gasteiger partial charge in [0.15, 0.2) is 0 Å². The van der Waals surface area contributed by atoms with E-state index in [0.717, 1.165) is 0 Å². The smallest absolute Gasteiger partial charge is 0.287 e. The van der Waals surface area contributed by atoms with Crippen molar-refractivity contribution in [3.05, 3.63) is 65.2 Å². The normalized spacial score (nSPS) is 11.9. The Morgan fingerprint density at radius 3 is 2.60 bits per heavy atom. The molecule has 2 aromatic carbocycles. The second-order valence-electron chi connectivity index (χ2n) is 6.48. The molecule has 30 heavy (non-hydrogen) atoms. The first-order chi connectivity index (χ1) is 14.4. The van der Waals surface area contributed by atoms with Crippen LogP contribution in [0.2, 0.25) is 5.02 Å². The number of unbranched alkanes of at least 4 members (excludes halogenated alkanes) is 1. The van der Waals surface area contributed by atoms with E-state index in [9.17, 15) is 18.0 Å². The van der Waals surface area contributed by atoms with Crippen LogP contribution in [0, 0.1) is 5.82 Å². The molecule has 156 valence electrons. The summed E-state index contributed by atoms with van der Waals surface area (Å²) in [7, 11) is 0. The van der Waals surface area contributed by atoms with Gasteiger partial charge in [-0.1, -0.05) is 24.9 Å². The number of benzene rings is 2. The summed E-state index contributed by atoms with van der Waals surface area (Å²) in [5.41, 5.74) is 1.27. The summed E-state index contributed by atoms with van der Waals surface area (Å²) < 4.78 is 41.1. The van der Waals surface area contributed by atoms with E-state index < -0.39 is 23.4 Å². The summed E-state index contributed by atoms with van der Waals surface area (Å²) in [6, 6.07) is 8.74. The Morgan fingerprint density at radius 1 is 1.10 bits per heavy atom. The number of aromatic nitrogens is 2. The molecule has 0 aliphatic rings. The number of rotatable bonds is 7. The summed E-state index contributed by atoms with van der Waals surface area (Å²) >= 11 is 5.80. The minimum absolute atomic E-state index is 0.0568. The fraction of sp³-hybridized carbons (Fsp3) is 0.190. The molecule has 0 atom stereocenters. The van der Waals surface area contributed by atoms with E-state index in [0.29, 0.717) is 35.2 Å². The van der Waals surface area contributed by atoms with Crippen LogP contribution in [-0.2, 0) is 4.79 Å². The van der Waals surface area contributed by atoms with E-state index in [1.165, 1.54) is 36.7 Å². The number of halogens is 4. The number of fused-ring (bicyclic) bond motifs is 1. The van der Waals surface area contributed by atoms with Gasteiger partial charge in [-0.15, -0.1) is 0 Å². The van der Waals surface area contributed by atoms with Crippen molar-refractivity contribution in [1.29, 1.82) is 0 Å². The van der Waals surface area contributed by atoms with Crippen molar-refractivity contribution in [1.82, 2.24) is 9.97 Å². The third-order valence-electron chi connectivity index (χ3n) is 4.26. The topological polar surface area (TPSA) is 66.9 Å². The van der Waals surface area contributed by atoms with E-state index in [-0.39, 0.29) is 17.1 Å². The van der Waals surface area contributed by atoms with Gasteiger partial charge in [0.25, 0.3) is 5.91 Å². The third kappa shape index (κ3) is 5.07. The average molecular weight is 435 g/mol. The highest BCUT2D eigenvalue weighted by Gasteiger charge is 2.16. The highest BCUT2D eigenvalue weighted by Crippen LogP contribution is 2.28. The van der Waals surface area contributed by atoms with Crippen molar-refractivity contribution in [2.45, 2.75) is 26.2 Å². The molecule has 0 saturated carbocycles. The van der Waals surface area contributed by atoms with E-state index >= 15 is 0 Å². The number of hydrogen-bond donors (Lipinski definition) is 2. The molecule has 0 aliphatic carbocycles. The lowest BCUT2D eigenvalue weighted by atomic mass is 10.2. The Balaban J connectivity index is 1.87. The lowest BCUT2D eigenvalue weighted by molar-refractivity contribution is -0.114. The molecular weight excluding hydrogens is 417 g/mol. The first kappa shape index (κ1) is 21.6. The second-order valence-corrected chi connectivity index (χ2v) is 6.89. The van der Waals surface area contributed by atoms with Crippen LogP contribution >= 0.6 is 11.6 Å². The maximum Gasteiger partial charge on any atom is 0.287 e. The third-order valence-corrected chi connectivity index (χ3v) is 4.55. The van der Waals surface area contributed by atoms with Gasteiger partial charge in [0.05, 0.1) is 10.5 Å². The molecule has 1 heterocycles. The van der Waals surface area contributed by atoms with Crippen molar-refractivity contribution < 1.29 is 18.0 Å². The summed E-state index contributed by atoms with van der Waals surface area (Å²) in [5, 5.41) is 5.78. The zero-order chi connectivity index (χ0) is 21.7. The Hall–Kier alpha value is -3.13. The van der Waals surface area contributed by atoms with Crippen molar-refractivity contribution in [2.75, 3.05) is 10.6 Å². The van der Waals surface area contributed by atoms with Gasteiger partial charge in [-0.2, -0.15) is 4.39 Å². The van der Waals surface area contributed by atoms with Crippen LogP contribution in [0.3, 0.4) is 0 Å². The van der Waals surface area contributed by atoms with Crippen LogP contribution < -0.4 is 10.6 Å². The molecule has 1 aromatic heterocycles. The zero-order valence-corrected chi connectivity index (χ0v) is 16.7. The van der Waals surface area contributed by atoms with E-state index in [2.05, 4.69) is 20.6 Å². The SMILES string of the molecule is CCCCC(F)=C(F)C(=O)Nc1ccc2ncnc(Nc3ccc(F)c(Cl)c3)c2c1. The summed E-state index contributed by atoms with van der Waals surface area (Å²) in [6.07, 6.45) is 2.33. The van der Waals surface area contributed by atoms with Crippen molar-refractivity contribution in [3.8, 4) is 0 Å². The molecule has 3 rings (SSSR count). The molecule has 0 aliphatic heterocycles. The molecule has 9 heteroatoms. The van der Waals surface area contributed by atoms with Crippen LogP contribution in [0.5, 0.6) is 0 Å². The minimum atomic E-state index is -1.44. The van der Waals surface area contributed by atoms with Crippen molar-refractivity contribution >= 4 is 45.6 Å². The number of carbonyl (C=O) groups is 1. The average Bonchev–Trinajstić information content (AvgIpc) is 2.74. The Bertz CT molecular complexity index is 1120. The van der Waals surface area contributed by atoms with Gasteiger partial charge >= 0.3 is 0 Å². The summed E-state index contributed by atoms with van der Waals surface area (Å²) in [6.45, 7) is 1.84. The predicted molar refractivity (Wildman–Crippen MR) is 112 cm³/mol. The van der Waals surface area contributed by atoms with E-state index in [1.54, 1.807) is 6.07 Å². The molecule has 0 spiro atoms. The van der Waals surface area contributed by atoms with Gasteiger partial charge < -0.3 is 10.6 Å². The maximum atomic E-state index is 14.0. The van der Waals surface area contributed by atoms with Crippen LogP contribution in [0.25, 0.3) is 10.9 Å². The Kier molecular flexibility index (Phi) is 6.89. The van der Waals surface area contributed by atoms with Gasteiger partial charge in [0, 0.05) is 23.2 Å². The van der Waals surface area contributed by atoms with Crippen LogP contribution in [-0.4, -0.2) is 15.9 Å². The van der Waals surface area contributed by atoms with Gasteiger partial charge in [-0.25, -0.2) is 18.7 Å². The predicted octanol–water partition coefficient (Wildman–Crippen LogP) is 6.45. The molecule has 0 radical (unpaired) electrons. The van der Waals surface area contributed by atoms with Gasteiger partial charge in [0.1, 0.15) is 23.8 Å². The molecule has 0 saturated heterocycles. The highest BCUT2D eigenvalue weighted by atomic mass is 35.5. The summed E-state index contributed by atoms with van der Waals surface area (Å²) in [4.78, 5) is 20.3. The molecular formula is C21H18ClF3N4O. The van der Waals surface area contributed by atoms with Crippen LogP contribution in [0.4, 0.5) is 30.4 Å². The molecule has 3 aromatic rings. The number of anilines is 3. The van der Waals surface area contributed by atoms with Gasteiger partial charge in [-0.05, 0) is 42.8 Å². The monoisotopic (exact) mass is 434 g/mol. The van der Waals surface area contributed by atoms with Crippen LogP contribution in [0.1, 0.15) is 26.2 Å². The number of carbonyl (C=O) groups excluding carboxylic acids is 1. The second kappa shape index (κ2) is 9.58. The molecule has 0 bridgehead atoms. The molecule has 0 fully saturated rings. The number of nitrogens with one attached hydrogen (secondary N) is 2. The van der Waals surface area contributed by atoms with Crippen molar-refractivity contribution in [2.24, 2.45) is 0 Å². The lowest BCUT2D eigenvalue weighted by Crippen LogP contribution is -2.13. The van der Waals surface area contributed by atoms with Crippen LogP contribution in [0.15, 0.2) is 54.4 Å². The minimum Gasteiger partial charge on any atom is -0.340 e. The maximum absolute atomic E-state index is 14.0. The number of amides is 1. The van der Waals surface area contributed by atoms with Gasteiger partial charge in [-0.3, -0.25) is 4.79 Å². The molecule has 1 amide bonds. The first-order valence-corrected chi connectivity index (χ1v) is 9.59. The number of hydrogen-bond acceptors (Lipinski definition) is 4. The quantitative estimate of drug-likeness (QED) is 0.419. The molecule has 5 nitrogen and oxygen atoms in total. The van der Waals surface area contributed by atoms with Gasteiger partial charge in [0.2, 0.25) is 5.83 Å². The molecule has 0 unspecified atom stereocenters. The van der Waals surface area contributed by atoms with E-state index in [4.69, 9.17) is 11.6 Å². The number of allylic oxidation sites excluding steroid dienone is 1.